The van der Waals surface area contributed by atoms with Crippen molar-refractivity contribution in [3.05, 3.63) is 17.1 Å². The van der Waals surface area contributed by atoms with Gasteiger partial charge in [-0.15, -0.1) is 0 Å². The monoisotopic (exact) mass is 345 g/mol. The van der Waals surface area contributed by atoms with Gasteiger partial charge in [0.25, 0.3) is 5.91 Å². The van der Waals surface area contributed by atoms with Gasteiger partial charge in [-0.3, -0.25) is 9.69 Å². The molecule has 136 valence electrons. The molecular formula is C18H27N5O2. The Morgan fingerprint density at radius 2 is 2.12 bits per heavy atom. The van der Waals surface area contributed by atoms with E-state index < -0.39 is 0 Å². The minimum atomic E-state index is -0.0905. The molecule has 0 radical (unpaired) electrons. The predicted molar refractivity (Wildman–Crippen MR) is 94.8 cm³/mol. The molecule has 1 unspecified atom stereocenters. The summed E-state index contributed by atoms with van der Waals surface area (Å²) in [7, 11) is 0. The molecule has 2 N–H and O–H groups in total. The Labute approximate surface area is 148 Å². The number of carbonyl (C=O) groups is 1. The average molecular weight is 345 g/mol. The van der Waals surface area contributed by atoms with Gasteiger partial charge in [0.2, 0.25) is 0 Å². The van der Waals surface area contributed by atoms with E-state index in [0.29, 0.717) is 24.1 Å². The zero-order valence-corrected chi connectivity index (χ0v) is 14.9. The molecule has 7 nitrogen and oxygen atoms in total. The molecule has 0 bridgehead atoms. The van der Waals surface area contributed by atoms with Crippen molar-refractivity contribution in [2.24, 2.45) is 5.92 Å². The average Bonchev–Trinajstić information content (AvgIpc) is 3.41. The molecule has 2 fully saturated rings. The highest BCUT2D eigenvalue weighted by atomic mass is 16.3. The van der Waals surface area contributed by atoms with Crippen LogP contribution in [-0.4, -0.2) is 71.3 Å². The minimum Gasteiger partial charge on any atom is -0.396 e. The molecule has 1 aromatic rings. The van der Waals surface area contributed by atoms with Gasteiger partial charge in [-0.05, 0) is 38.5 Å². The fourth-order valence-electron chi connectivity index (χ4n) is 4.03. The highest BCUT2D eigenvalue weighted by molar-refractivity contribution is 5.96. The second-order valence-electron chi connectivity index (χ2n) is 7.48. The zero-order valence-electron chi connectivity index (χ0n) is 14.9. The number of anilines is 1. The smallest absolute Gasteiger partial charge is 0.270 e. The van der Waals surface area contributed by atoms with Crippen molar-refractivity contribution >= 4 is 11.7 Å². The Balaban J connectivity index is 1.58. The molecule has 1 amide bonds. The van der Waals surface area contributed by atoms with Crippen molar-refractivity contribution in [1.82, 2.24) is 20.2 Å². The van der Waals surface area contributed by atoms with Gasteiger partial charge in [0.1, 0.15) is 17.3 Å². The number of aromatic nitrogens is 2. The van der Waals surface area contributed by atoms with Crippen LogP contribution in [0.15, 0.2) is 0 Å². The van der Waals surface area contributed by atoms with Crippen LogP contribution in [0, 0.1) is 12.8 Å². The van der Waals surface area contributed by atoms with E-state index in [0.717, 1.165) is 56.3 Å². The van der Waals surface area contributed by atoms with Gasteiger partial charge >= 0.3 is 0 Å². The van der Waals surface area contributed by atoms with Crippen LogP contribution in [0.2, 0.25) is 0 Å². The van der Waals surface area contributed by atoms with Crippen molar-refractivity contribution in [3.63, 3.8) is 0 Å². The van der Waals surface area contributed by atoms with Crippen LogP contribution < -0.4 is 10.2 Å². The number of aliphatic hydroxyl groups is 1. The van der Waals surface area contributed by atoms with Crippen LogP contribution in [0.25, 0.3) is 0 Å². The van der Waals surface area contributed by atoms with Crippen LogP contribution in [0.5, 0.6) is 0 Å². The number of nitrogens with zero attached hydrogens (tertiary/aromatic N) is 4. The maximum absolute atomic E-state index is 12.2. The van der Waals surface area contributed by atoms with Gasteiger partial charge in [0.15, 0.2) is 0 Å². The standard InChI is InChI=1S/C18H27N5O2/c1-12-20-16-15(4-6-19-18(16)25)17(21-12)23-8-7-22(10-13-2-3-13)14(11-23)5-9-24/h13-14,24H,2-11H2,1H3,(H,19,25). The van der Waals surface area contributed by atoms with Crippen molar-refractivity contribution in [1.29, 1.82) is 0 Å². The first-order valence-corrected chi connectivity index (χ1v) is 9.41. The van der Waals surface area contributed by atoms with Gasteiger partial charge in [0, 0.05) is 50.9 Å². The summed E-state index contributed by atoms with van der Waals surface area (Å²) in [5.41, 5.74) is 1.51. The number of nitrogens with one attached hydrogen (secondary N) is 1. The van der Waals surface area contributed by atoms with E-state index in [9.17, 15) is 9.90 Å². The molecule has 4 rings (SSSR count). The molecule has 3 heterocycles. The molecule has 1 saturated heterocycles. The number of rotatable bonds is 5. The van der Waals surface area contributed by atoms with E-state index in [1.165, 1.54) is 12.8 Å². The number of piperazine rings is 1. The maximum Gasteiger partial charge on any atom is 0.270 e. The summed E-state index contributed by atoms with van der Waals surface area (Å²) in [4.78, 5) is 26.1. The zero-order chi connectivity index (χ0) is 17.4. The SMILES string of the molecule is Cc1nc2c(c(N3CCN(CC4CC4)C(CCO)C3)n1)CCNC2=O. The number of carbonyl (C=O) groups excluding carboxylic acids is 1. The summed E-state index contributed by atoms with van der Waals surface area (Å²) in [6.45, 7) is 6.63. The summed E-state index contributed by atoms with van der Waals surface area (Å²) < 4.78 is 0. The lowest BCUT2D eigenvalue weighted by atomic mass is 10.0. The molecule has 3 aliphatic rings. The van der Waals surface area contributed by atoms with Crippen LogP contribution in [-0.2, 0) is 6.42 Å². The molecule has 7 heteroatoms. The molecule has 2 aliphatic heterocycles. The molecule has 25 heavy (non-hydrogen) atoms. The lowest BCUT2D eigenvalue weighted by molar-refractivity contribution is 0.0940. The Morgan fingerprint density at radius 1 is 1.28 bits per heavy atom. The van der Waals surface area contributed by atoms with E-state index in [2.05, 4.69) is 20.1 Å². The van der Waals surface area contributed by atoms with Crippen LogP contribution in [0.4, 0.5) is 5.82 Å². The fourth-order valence-corrected chi connectivity index (χ4v) is 4.03. The maximum atomic E-state index is 12.2. The third-order valence-electron chi connectivity index (χ3n) is 5.53. The molecule has 1 aliphatic carbocycles. The van der Waals surface area contributed by atoms with Crippen molar-refractivity contribution in [2.75, 3.05) is 44.2 Å². The van der Waals surface area contributed by atoms with E-state index in [4.69, 9.17) is 4.98 Å². The Morgan fingerprint density at radius 3 is 2.88 bits per heavy atom. The predicted octanol–water partition coefficient (Wildman–Crippen LogP) is 0.354. The van der Waals surface area contributed by atoms with E-state index in [1.54, 1.807) is 0 Å². The van der Waals surface area contributed by atoms with Gasteiger partial charge in [-0.2, -0.15) is 0 Å². The first kappa shape index (κ1) is 16.7. The summed E-state index contributed by atoms with van der Waals surface area (Å²) in [6.07, 6.45) is 4.26. The van der Waals surface area contributed by atoms with E-state index in [-0.39, 0.29) is 12.5 Å². The number of aliphatic hydroxyl groups excluding tert-OH is 1. The molecule has 1 atom stereocenters. The number of aryl methyl sites for hydroxylation is 1. The van der Waals surface area contributed by atoms with Gasteiger partial charge in [-0.1, -0.05) is 0 Å². The topological polar surface area (TPSA) is 81.6 Å². The molecule has 1 saturated carbocycles. The highest BCUT2D eigenvalue weighted by Crippen LogP contribution is 2.32. The largest absolute Gasteiger partial charge is 0.396 e. The lowest BCUT2D eigenvalue weighted by Gasteiger charge is -2.43. The molecular weight excluding hydrogens is 318 g/mol. The minimum absolute atomic E-state index is 0.0905. The highest BCUT2D eigenvalue weighted by Gasteiger charge is 2.34. The summed E-state index contributed by atoms with van der Waals surface area (Å²) in [5, 5.41) is 12.4. The van der Waals surface area contributed by atoms with Crippen LogP contribution >= 0.6 is 0 Å². The second kappa shape index (κ2) is 6.88. The Bertz CT molecular complexity index is 661. The first-order chi connectivity index (χ1) is 12.2. The Hall–Kier alpha value is -1.73. The van der Waals surface area contributed by atoms with Gasteiger partial charge in [0.05, 0.1) is 0 Å². The second-order valence-corrected chi connectivity index (χ2v) is 7.48. The normalized spacial score (nSPS) is 24.2. The molecule has 1 aromatic heterocycles. The van der Waals surface area contributed by atoms with Crippen molar-refractivity contribution in [2.45, 2.75) is 38.6 Å². The fraction of sp³-hybridized carbons (Fsp3) is 0.722. The van der Waals surface area contributed by atoms with Crippen molar-refractivity contribution < 1.29 is 9.90 Å². The van der Waals surface area contributed by atoms with Crippen LogP contribution in [0.1, 0.15) is 41.1 Å². The summed E-state index contributed by atoms with van der Waals surface area (Å²) in [6, 6.07) is 0.350. The number of fused-ring (bicyclic) bond motifs is 1. The first-order valence-electron chi connectivity index (χ1n) is 9.41. The lowest BCUT2D eigenvalue weighted by Crippen LogP contribution is -2.54. The third kappa shape index (κ3) is 3.48. The molecule has 0 aromatic carbocycles. The van der Waals surface area contributed by atoms with Gasteiger partial charge in [-0.25, -0.2) is 9.97 Å². The summed E-state index contributed by atoms with van der Waals surface area (Å²) >= 11 is 0. The van der Waals surface area contributed by atoms with Crippen LogP contribution in [0.3, 0.4) is 0 Å². The number of hydrogen-bond donors (Lipinski definition) is 2. The molecule has 0 spiro atoms. The van der Waals surface area contributed by atoms with Crippen molar-refractivity contribution in [3.8, 4) is 0 Å². The quantitative estimate of drug-likeness (QED) is 0.802. The third-order valence-corrected chi connectivity index (χ3v) is 5.53. The van der Waals surface area contributed by atoms with Gasteiger partial charge < -0.3 is 15.3 Å². The number of hydrogen-bond acceptors (Lipinski definition) is 6. The van der Waals surface area contributed by atoms with E-state index in [1.807, 2.05) is 6.92 Å². The number of amides is 1. The van der Waals surface area contributed by atoms with E-state index >= 15 is 0 Å². The Kier molecular flexibility index (Phi) is 4.60. The summed E-state index contributed by atoms with van der Waals surface area (Å²) in [5.74, 6) is 2.33.